The molecule has 0 aliphatic heterocycles. The summed E-state index contributed by atoms with van der Waals surface area (Å²) in [5.74, 6) is -1.37. The van der Waals surface area contributed by atoms with Crippen molar-refractivity contribution in [1.29, 1.82) is 0 Å². The number of benzene rings is 1. The highest BCUT2D eigenvalue weighted by Crippen LogP contribution is 2.32. The largest absolute Gasteiger partial charge is 0.478 e. The molecule has 0 saturated heterocycles. The third-order valence-corrected chi connectivity index (χ3v) is 3.73. The number of carboxylic acids is 1. The van der Waals surface area contributed by atoms with Gasteiger partial charge in [-0.15, -0.1) is 0 Å². The zero-order chi connectivity index (χ0) is 11.8. The summed E-state index contributed by atoms with van der Waals surface area (Å²) in [5.41, 5.74) is -0.382. The Balaban J connectivity index is 3.72. The summed E-state index contributed by atoms with van der Waals surface area (Å²) in [6.45, 7) is 0. The van der Waals surface area contributed by atoms with Gasteiger partial charge in [0.25, 0.3) is 0 Å². The van der Waals surface area contributed by atoms with Crippen molar-refractivity contribution in [2.45, 2.75) is 4.90 Å². The quantitative estimate of drug-likeness (QED) is 0.892. The first kappa shape index (κ1) is 12.3. The minimum absolute atomic E-state index is 0.00194. The van der Waals surface area contributed by atoms with Gasteiger partial charge in [0.2, 0.25) is 0 Å². The van der Waals surface area contributed by atoms with Crippen molar-refractivity contribution in [3.63, 3.8) is 0 Å². The van der Waals surface area contributed by atoms with Crippen LogP contribution in [0.2, 0.25) is 10.0 Å². The van der Waals surface area contributed by atoms with Crippen LogP contribution in [-0.4, -0.2) is 25.7 Å². The molecule has 1 rings (SSSR count). The standard InChI is InChI=1S/C8H6Cl2O4S/c1-15(13,14)7-4(8(11)12)2-3-5(9)6(7)10/h2-3H,1H3,(H,11,12). The monoisotopic (exact) mass is 268 g/mol. The minimum atomic E-state index is -3.73. The van der Waals surface area contributed by atoms with Gasteiger partial charge in [0.1, 0.15) is 4.90 Å². The van der Waals surface area contributed by atoms with Crippen molar-refractivity contribution < 1.29 is 18.3 Å². The Labute approximate surface area is 96.3 Å². The lowest BCUT2D eigenvalue weighted by atomic mass is 10.2. The highest BCUT2D eigenvalue weighted by atomic mass is 35.5. The van der Waals surface area contributed by atoms with E-state index in [4.69, 9.17) is 28.3 Å². The Kier molecular flexibility index (Phi) is 3.28. The van der Waals surface area contributed by atoms with Gasteiger partial charge in [-0.2, -0.15) is 0 Å². The number of carbonyl (C=O) groups is 1. The second-order valence-electron chi connectivity index (χ2n) is 2.82. The van der Waals surface area contributed by atoms with Gasteiger partial charge in [-0.05, 0) is 12.1 Å². The normalized spacial score (nSPS) is 11.4. The van der Waals surface area contributed by atoms with E-state index in [1.165, 1.54) is 6.07 Å². The Morgan fingerprint density at radius 1 is 1.33 bits per heavy atom. The lowest BCUT2D eigenvalue weighted by molar-refractivity contribution is 0.0692. The molecule has 15 heavy (non-hydrogen) atoms. The van der Waals surface area contributed by atoms with Gasteiger partial charge in [0.05, 0.1) is 15.6 Å². The van der Waals surface area contributed by atoms with E-state index in [9.17, 15) is 13.2 Å². The molecule has 4 nitrogen and oxygen atoms in total. The smallest absolute Gasteiger partial charge is 0.337 e. The molecular weight excluding hydrogens is 263 g/mol. The fourth-order valence-electron chi connectivity index (χ4n) is 1.06. The van der Waals surface area contributed by atoms with Crippen LogP contribution >= 0.6 is 23.2 Å². The van der Waals surface area contributed by atoms with Crippen molar-refractivity contribution in [3.05, 3.63) is 27.7 Å². The topological polar surface area (TPSA) is 71.4 Å². The number of sulfone groups is 1. The van der Waals surface area contributed by atoms with Crippen LogP contribution < -0.4 is 0 Å². The number of aromatic carboxylic acids is 1. The molecule has 1 aromatic carbocycles. The molecule has 0 heterocycles. The maximum Gasteiger partial charge on any atom is 0.337 e. The van der Waals surface area contributed by atoms with Crippen LogP contribution in [0.4, 0.5) is 0 Å². The van der Waals surface area contributed by atoms with Crippen LogP contribution in [0.25, 0.3) is 0 Å². The average molecular weight is 269 g/mol. The molecular formula is C8H6Cl2O4S. The first-order valence-corrected chi connectivity index (χ1v) is 6.31. The van der Waals surface area contributed by atoms with E-state index in [0.29, 0.717) is 0 Å². The van der Waals surface area contributed by atoms with Crippen LogP contribution in [0.15, 0.2) is 17.0 Å². The fourth-order valence-corrected chi connectivity index (χ4v) is 2.85. The molecule has 0 unspecified atom stereocenters. The molecule has 0 aliphatic rings. The van der Waals surface area contributed by atoms with Crippen molar-refractivity contribution in [3.8, 4) is 0 Å². The Morgan fingerprint density at radius 2 is 1.87 bits per heavy atom. The second kappa shape index (κ2) is 4.00. The number of hydrogen-bond donors (Lipinski definition) is 1. The molecule has 0 radical (unpaired) electrons. The van der Waals surface area contributed by atoms with Gasteiger partial charge in [0, 0.05) is 6.26 Å². The second-order valence-corrected chi connectivity index (χ2v) is 5.55. The zero-order valence-corrected chi connectivity index (χ0v) is 9.82. The lowest BCUT2D eigenvalue weighted by Gasteiger charge is -2.07. The number of hydrogen-bond acceptors (Lipinski definition) is 3. The SMILES string of the molecule is CS(=O)(=O)c1c(C(=O)O)ccc(Cl)c1Cl. The summed E-state index contributed by atoms with van der Waals surface area (Å²) in [5, 5.41) is 8.52. The molecule has 0 spiro atoms. The summed E-state index contributed by atoms with van der Waals surface area (Å²) in [7, 11) is -3.73. The van der Waals surface area contributed by atoms with Gasteiger partial charge in [-0.25, -0.2) is 13.2 Å². The number of rotatable bonds is 2. The van der Waals surface area contributed by atoms with Crippen LogP contribution in [0.5, 0.6) is 0 Å². The molecule has 0 aromatic heterocycles. The first-order chi connectivity index (χ1) is 6.75. The molecule has 7 heteroatoms. The Hall–Kier alpha value is -0.780. The van der Waals surface area contributed by atoms with E-state index in [-0.39, 0.29) is 15.6 Å². The molecule has 0 atom stereocenters. The van der Waals surface area contributed by atoms with Crippen LogP contribution in [0.3, 0.4) is 0 Å². The summed E-state index contributed by atoms with van der Waals surface area (Å²) >= 11 is 11.3. The van der Waals surface area contributed by atoms with Gasteiger partial charge in [0.15, 0.2) is 9.84 Å². The molecule has 0 aliphatic carbocycles. The van der Waals surface area contributed by atoms with E-state index < -0.39 is 20.7 Å². The van der Waals surface area contributed by atoms with Gasteiger partial charge >= 0.3 is 5.97 Å². The molecule has 0 saturated carbocycles. The summed E-state index contributed by atoms with van der Waals surface area (Å²) in [4.78, 5) is 10.3. The highest BCUT2D eigenvalue weighted by Gasteiger charge is 2.23. The van der Waals surface area contributed by atoms with Crippen molar-refractivity contribution >= 4 is 39.0 Å². The van der Waals surface area contributed by atoms with E-state index in [1.807, 2.05) is 0 Å². The van der Waals surface area contributed by atoms with Crippen LogP contribution in [0, 0.1) is 0 Å². The Morgan fingerprint density at radius 3 is 2.27 bits per heavy atom. The van der Waals surface area contributed by atoms with Crippen LogP contribution in [0.1, 0.15) is 10.4 Å². The molecule has 82 valence electrons. The van der Waals surface area contributed by atoms with Crippen molar-refractivity contribution in [2.24, 2.45) is 0 Å². The summed E-state index contributed by atoms with van der Waals surface area (Å²) in [6.07, 6.45) is 0.872. The molecule has 0 amide bonds. The van der Waals surface area contributed by atoms with Gasteiger partial charge in [-0.1, -0.05) is 23.2 Å². The maximum absolute atomic E-state index is 11.3. The Bertz CT molecular complexity index is 522. The maximum atomic E-state index is 11.3. The van der Waals surface area contributed by atoms with Crippen molar-refractivity contribution in [2.75, 3.05) is 6.26 Å². The predicted octanol–water partition coefficient (Wildman–Crippen LogP) is 2.10. The van der Waals surface area contributed by atoms with E-state index in [2.05, 4.69) is 0 Å². The predicted molar refractivity (Wildman–Crippen MR) is 56.5 cm³/mol. The van der Waals surface area contributed by atoms with Crippen molar-refractivity contribution in [1.82, 2.24) is 0 Å². The van der Waals surface area contributed by atoms with Gasteiger partial charge < -0.3 is 5.11 Å². The first-order valence-electron chi connectivity index (χ1n) is 3.66. The summed E-state index contributed by atoms with van der Waals surface area (Å²) < 4.78 is 22.6. The lowest BCUT2D eigenvalue weighted by Crippen LogP contribution is -2.08. The van der Waals surface area contributed by atoms with Crippen LogP contribution in [-0.2, 0) is 9.84 Å². The average Bonchev–Trinajstić information content (AvgIpc) is 2.06. The summed E-state index contributed by atoms with van der Waals surface area (Å²) in [6, 6.07) is 2.34. The highest BCUT2D eigenvalue weighted by molar-refractivity contribution is 7.91. The minimum Gasteiger partial charge on any atom is -0.478 e. The van der Waals surface area contributed by atoms with E-state index >= 15 is 0 Å². The molecule has 1 N–H and O–H groups in total. The van der Waals surface area contributed by atoms with E-state index in [0.717, 1.165) is 12.3 Å². The third kappa shape index (κ3) is 2.42. The molecule has 0 fully saturated rings. The molecule has 0 bridgehead atoms. The number of carboxylic acid groups (broad SMARTS) is 1. The van der Waals surface area contributed by atoms with E-state index in [1.54, 1.807) is 0 Å². The van der Waals surface area contributed by atoms with Gasteiger partial charge in [-0.3, -0.25) is 0 Å². The zero-order valence-electron chi connectivity index (χ0n) is 7.49. The molecule has 1 aromatic rings. The fraction of sp³-hybridized carbons (Fsp3) is 0.125. The number of halogens is 2. The third-order valence-electron chi connectivity index (χ3n) is 1.65.